The van der Waals surface area contributed by atoms with Crippen LogP contribution in [0.15, 0.2) is 48.5 Å². The fourth-order valence-corrected chi connectivity index (χ4v) is 2.69. The maximum absolute atomic E-state index is 12.0. The van der Waals surface area contributed by atoms with E-state index < -0.39 is 29.3 Å². The molecule has 0 heterocycles. The Kier molecular flexibility index (Phi) is 10.7. The summed E-state index contributed by atoms with van der Waals surface area (Å²) in [5.74, 6) is -1.16. The highest BCUT2D eigenvalue weighted by atomic mass is 16.6. The second kappa shape index (κ2) is 14.0. The summed E-state index contributed by atoms with van der Waals surface area (Å²) >= 11 is 0. The van der Waals surface area contributed by atoms with Gasteiger partial charge >= 0.3 is 5.97 Å². The number of ether oxygens (including phenoxy) is 3. The van der Waals surface area contributed by atoms with Crippen LogP contribution in [0, 0.1) is 10.1 Å². The molecule has 0 radical (unpaired) electrons. The fourth-order valence-electron chi connectivity index (χ4n) is 2.69. The first-order valence-electron chi connectivity index (χ1n) is 10.9. The molecule has 35 heavy (non-hydrogen) atoms. The SMILES string of the molecule is CCCCOc1ccc(/C=C/C(=O)OCC(=O)NNC(=O)c2cccc([N+](=O)[O-])c2)cc1OCC. The Balaban J connectivity index is 1.83. The molecule has 0 spiro atoms. The first-order chi connectivity index (χ1) is 16.8. The van der Waals surface area contributed by atoms with E-state index in [0.29, 0.717) is 30.3 Å². The van der Waals surface area contributed by atoms with Crippen molar-refractivity contribution in [2.24, 2.45) is 0 Å². The zero-order valence-corrected chi connectivity index (χ0v) is 19.4. The lowest BCUT2D eigenvalue weighted by Crippen LogP contribution is -2.43. The normalized spacial score (nSPS) is 10.5. The molecule has 11 heteroatoms. The minimum absolute atomic E-state index is 0.0207. The minimum Gasteiger partial charge on any atom is -0.490 e. The van der Waals surface area contributed by atoms with Gasteiger partial charge in [-0.15, -0.1) is 0 Å². The van der Waals surface area contributed by atoms with Gasteiger partial charge in [-0.25, -0.2) is 4.79 Å². The van der Waals surface area contributed by atoms with Gasteiger partial charge < -0.3 is 14.2 Å². The van der Waals surface area contributed by atoms with Gasteiger partial charge in [0.2, 0.25) is 0 Å². The highest BCUT2D eigenvalue weighted by Crippen LogP contribution is 2.29. The summed E-state index contributed by atoms with van der Waals surface area (Å²) in [6, 6.07) is 10.2. The van der Waals surface area contributed by atoms with Crippen LogP contribution in [0.1, 0.15) is 42.6 Å². The number of carbonyl (C=O) groups is 3. The van der Waals surface area contributed by atoms with E-state index in [1.54, 1.807) is 18.2 Å². The zero-order chi connectivity index (χ0) is 25.6. The van der Waals surface area contributed by atoms with Gasteiger partial charge in [0.05, 0.1) is 18.1 Å². The lowest BCUT2D eigenvalue weighted by molar-refractivity contribution is -0.384. The van der Waals surface area contributed by atoms with Crippen LogP contribution in [0.4, 0.5) is 5.69 Å². The van der Waals surface area contributed by atoms with Crippen molar-refractivity contribution < 1.29 is 33.5 Å². The second-order valence-corrected chi connectivity index (χ2v) is 7.09. The van der Waals surface area contributed by atoms with Gasteiger partial charge in [0.25, 0.3) is 17.5 Å². The summed E-state index contributed by atoms with van der Waals surface area (Å²) in [6.07, 6.45) is 4.58. The van der Waals surface area contributed by atoms with Crippen LogP contribution in [0.25, 0.3) is 6.08 Å². The Labute approximate surface area is 202 Å². The number of nitro groups is 1. The van der Waals surface area contributed by atoms with Crippen molar-refractivity contribution >= 4 is 29.5 Å². The van der Waals surface area contributed by atoms with Crippen molar-refractivity contribution in [2.45, 2.75) is 26.7 Å². The Bertz CT molecular complexity index is 1080. The van der Waals surface area contributed by atoms with E-state index in [0.717, 1.165) is 25.0 Å². The third-order valence-electron chi connectivity index (χ3n) is 4.42. The van der Waals surface area contributed by atoms with Crippen LogP contribution in [-0.2, 0) is 14.3 Å². The molecule has 2 amide bonds. The van der Waals surface area contributed by atoms with Crippen molar-refractivity contribution in [1.82, 2.24) is 10.9 Å². The lowest BCUT2D eigenvalue weighted by atomic mass is 10.2. The number of non-ortho nitro benzene ring substituents is 1. The molecule has 0 aliphatic carbocycles. The number of nitro benzene ring substituents is 1. The molecular weight excluding hydrogens is 458 g/mol. The Morgan fingerprint density at radius 2 is 1.83 bits per heavy atom. The highest BCUT2D eigenvalue weighted by Gasteiger charge is 2.13. The van der Waals surface area contributed by atoms with Crippen molar-refractivity contribution in [3.63, 3.8) is 0 Å². The van der Waals surface area contributed by atoms with E-state index >= 15 is 0 Å². The van der Waals surface area contributed by atoms with Gasteiger partial charge in [-0.05, 0) is 43.2 Å². The molecule has 2 rings (SSSR count). The molecule has 0 aromatic heterocycles. The summed E-state index contributed by atoms with van der Waals surface area (Å²) in [7, 11) is 0. The number of benzene rings is 2. The largest absolute Gasteiger partial charge is 0.490 e. The monoisotopic (exact) mass is 485 g/mol. The number of nitrogens with zero attached hydrogens (tertiary/aromatic N) is 1. The number of hydrogen-bond acceptors (Lipinski definition) is 8. The molecule has 186 valence electrons. The number of rotatable bonds is 12. The van der Waals surface area contributed by atoms with Crippen LogP contribution in [-0.4, -0.2) is 42.5 Å². The van der Waals surface area contributed by atoms with Gasteiger partial charge in [-0.1, -0.05) is 25.5 Å². The van der Waals surface area contributed by atoms with Crippen molar-refractivity contribution in [3.05, 3.63) is 69.8 Å². The quantitative estimate of drug-likeness (QED) is 0.153. The van der Waals surface area contributed by atoms with E-state index in [-0.39, 0.29) is 11.3 Å². The molecule has 0 bridgehead atoms. The standard InChI is InChI=1S/C24H27N3O8/c1-3-5-13-34-20-11-9-17(14-21(20)33-4-2)10-12-23(29)35-16-22(28)25-26-24(30)18-7-6-8-19(15-18)27(31)32/h6-12,14-15H,3-5,13,16H2,1-2H3,(H,25,28)(H,26,30)/b12-10+. The third-order valence-corrected chi connectivity index (χ3v) is 4.42. The number of hydrogen-bond donors (Lipinski definition) is 2. The van der Waals surface area contributed by atoms with Gasteiger partial charge in [-0.3, -0.25) is 30.6 Å². The molecule has 0 aliphatic heterocycles. The summed E-state index contributed by atoms with van der Waals surface area (Å²) in [5.41, 5.74) is 4.54. The summed E-state index contributed by atoms with van der Waals surface area (Å²) in [5, 5.41) is 10.8. The number of carbonyl (C=O) groups excluding carboxylic acids is 3. The molecule has 0 aliphatic rings. The van der Waals surface area contributed by atoms with Gasteiger partial charge in [0.1, 0.15) is 0 Å². The highest BCUT2D eigenvalue weighted by molar-refractivity contribution is 5.96. The maximum Gasteiger partial charge on any atom is 0.331 e. The second-order valence-electron chi connectivity index (χ2n) is 7.09. The minimum atomic E-state index is -0.794. The molecule has 2 aromatic rings. The van der Waals surface area contributed by atoms with E-state index in [1.165, 1.54) is 24.3 Å². The van der Waals surface area contributed by atoms with Crippen LogP contribution in [0.2, 0.25) is 0 Å². The van der Waals surface area contributed by atoms with Crippen LogP contribution in [0.5, 0.6) is 11.5 Å². The molecule has 0 fully saturated rings. The van der Waals surface area contributed by atoms with Gasteiger partial charge in [0, 0.05) is 23.8 Å². The third kappa shape index (κ3) is 9.16. The molecule has 0 atom stereocenters. The topological polar surface area (TPSA) is 146 Å². The number of hydrazine groups is 1. The number of unbranched alkanes of at least 4 members (excludes halogenated alkanes) is 1. The number of amides is 2. The smallest absolute Gasteiger partial charge is 0.331 e. The van der Waals surface area contributed by atoms with Crippen molar-refractivity contribution in [3.8, 4) is 11.5 Å². The Morgan fingerprint density at radius 1 is 1.03 bits per heavy atom. The van der Waals surface area contributed by atoms with Crippen LogP contribution in [0.3, 0.4) is 0 Å². The van der Waals surface area contributed by atoms with E-state index in [4.69, 9.17) is 14.2 Å². The van der Waals surface area contributed by atoms with E-state index in [1.807, 2.05) is 6.92 Å². The number of nitrogens with one attached hydrogen (secondary N) is 2. The predicted octanol–water partition coefficient (Wildman–Crippen LogP) is 3.19. The Hall–Kier alpha value is -4.41. The fraction of sp³-hybridized carbons (Fsp3) is 0.292. The first kappa shape index (κ1) is 26.8. The molecule has 0 saturated carbocycles. The molecular formula is C24H27N3O8. The maximum atomic E-state index is 12.0. The molecule has 2 N–H and O–H groups in total. The molecule has 0 unspecified atom stereocenters. The van der Waals surface area contributed by atoms with Crippen molar-refractivity contribution in [1.29, 1.82) is 0 Å². The predicted molar refractivity (Wildman–Crippen MR) is 127 cm³/mol. The van der Waals surface area contributed by atoms with Gasteiger partial charge in [0.15, 0.2) is 18.1 Å². The van der Waals surface area contributed by atoms with Crippen molar-refractivity contribution in [2.75, 3.05) is 19.8 Å². The first-order valence-corrected chi connectivity index (χ1v) is 10.9. The number of esters is 1. The van der Waals surface area contributed by atoms with E-state index in [9.17, 15) is 24.5 Å². The summed E-state index contributed by atoms with van der Waals surface area (Å²) in [4.78, 5) is 45.9. The molecule has 2 aromatic carbocycles. The summed E-state index contributed by atoms with van der Waals surface area (Å²) in [6.45, 7) is 4.30. The Morgan fingerprint density at radius 3 is 2.54 bits per heavy atom. The van der Waals surface area contributed by atoms with E-state index in [2.05, 4.69) is 17.8 Å². The zero-order valence-electron chi connectivity index (χ0n) is 19.4. The van der Waals surface area contributed by atoms with Crippen LogP contribution < -0.4 is 20.3 Å². The lowest BCUT2D eigenvalue weighted by Gasteiger charge is -2.12. The molecule has 11 nitrogen and oxygen atoms in total. The average Bonchev–Trinajstić information content (AvgIpc) is 2.86. The van der Waals surface area contributed by atoms with Crippen LogP contribution >= 0.6 is 0 Å². The van der Waals surface area contributed by atoms with Gasteiger partial charge in [-0.2, -0.15) is 0 Å². The molecule has 0 saturated heterocycles. The average molecular weight is 485 g/mol. The summed E-state index contributed by atoms with van der Waals surface area (Å²) < 4.78 is 16.2.